The molecular weight excluding hydrogens is 262 g/mol. The van der Waals surface area contributed by atoms with Crippen molar-refractivity contribution in [3.63, 3.8) is 0 Å². The molecule has 0 fully saturated rings. The number of rotatable bonds is 5. The van der Waals surface area contributed by atoms with E-state index in [1.807, 2.05) is 0 Å². The van der Waals surface area contributed by atoms with Gasteiger partial charge in [0.15, 0.2) is 0 Å². The summed E-state index contributed by atoms with van der Waals surface area (Å²) in [7, 11) is 1.69. The van der Waals surface area contributed by atoms with Gasteiger partial charge in [-0.2, -0.15) is 12.6 Å². The smallest absolute Gasteiger partial charge is 0.124 e. The van der Waals surface area contributed by atoms with Gasteiger partial charge >= 0.3 is 0 Å². The largest absolute Gasteiger partial charge is 0.378 e. The zero-order valence-electron chi connectivity index (χ0n) is 10.6. The molecule has 96 valence electrons. The van der Waals surface area contributed by atoms with Crippen molar-refractivity contribution in [2.24, 2.45) is 0 Å². The Bertz CT molecular complexity index is 505. The van der Waals surface area contributed by atoms with Gasteiger partial charge in [0.2, 0.25) is 0 Å². The van der Waals surface area contributed by atoms with Gasteiger partial charge in [-0.05, 0) is 12.0 Å². The Labute approximate surface area is 117 Å². The number of methoxy groups -OCH3 is 1. The maximum absolute atomic E-state index is 5.17. The van der Waals surface area contributed by atoms with Gasteiger partial charge < -0.3 is 4.74 Å². The van der Waals surface area contributed by atoms with Crippen LogP contribution in [0.3, 0.4) is 0 Å². The van der Waals surface area contributed by atoms with Gasteiger partial charge in [-0.3, -0.25) is 0 Å². The normalized spacial score (nSPS) is 10.8. The molecule has 2 aromatic rings. The molecule has 0 saturated carbocycles. The van der Waals surface area contributed by atoms with Crippen molar-refractivity contribution < 1.29 is 4.74 Å². The van der Waals surface area contributed by atoms with E-state index in [0.717, 1.165) is 17.1 Å². The Morgan fingerprint density at radius 2 is 2.00 bits per heavy atom. The van der Waals surface area contributed by atoms with E-state index in [0.29, 0.717) is 12.4 Å². The van der Waals surface area contributed by atoms with Gasteiger partial charge in [0.25, 0.3) is 0 Å². The molecule has 2 rings (SSSR count). The molecule has 0 radical (unpaired) electrons. The minimum absolute atomic E-state index is 0.555. The first kappa shape index (κ1) is 13.6. The average Bonchev–Trinajstić information content (AvgIpc) is 2.82. The molecule has 0 atom stereocenters. The molecule has 0 bridgehead atoms. The van der Waals surface area contributed by atoms with E-state index in [9.17, 15) is 0 Å². The Hall–Kier alpha value is -0.840. The molecule has 0 unspecified atom stereocenters. The highest BCUT2D eigenvalue weighted by atomic mass is 32.1. The van der Waals surface area contributed by atoms with E-state index < -0.39 is 0 Å². The average molecular weight is 279 g/mol. The van der Waals surface area contributed by atoms with Gasteiger partial charge in [0, 0.05) is 23.3 Å². The summed E-state index contributed by atoms with van der Waals surface area (Å²) in [6.45, 7) is 2.72. The standard InChI is InChI=1S/C14H17NOS2/c1-3-10-4-6-11(7-5-10)14-15-12(8-16-2)13(9-17)18-14/h4-7,17H,3,8-9H2,1-2H3. The summed E-state index contributed by atoms with van der Waals surface area (Å²) in [6, 6.07) is 8.59. The maximum Gasteiger partial charge on any atom is 0.124 e. The minimum atomic E-state index is 0.555. The molecule has 0 saturated heterocycles. The molecule has 0 amide bonds. The van der Waals surface area contributed by atoms with Crippen molar-refractivity contribution in [2.45, 2.75) is 25.7 Å². The third-order valence-electron chi connectivity index (χ3n) is 2.81. The van der Waals surface area contributed by atoms with Crippen molar-refractivity contribution in [3.8, 4) is 10.6 Å². The number of aryl methyl sites for hydroxylation is 1. The summed E-state index contributed by atoms with van der Waals surface area (Å²) < 4.78 is 5.17. The summed E-state index contributed by atoms with van der Waals surface area (Å²) in [5.41, 5.74) is 3.52. The Balaban J connectivity index is 2.31. The van der Waals surface area contributed by atoms with Gasteiger partial charge in [-0.25, -0.2) is 4.98 Å². The van der Waals surface area contributed by atoms with Crippen LogP contribution in [0.15, 0.2) is 24.3 Å². The highest BCUT2D eigenvalue weighted by Crippen LogP contribution is 2.29. The zero-order valence-corrected chi connectivity index (χ0v) is 12.4. The summed E-state index contributed by atoms with van der Waals surface area (Å²) in [5.74, 6) is 0.712. The lowest BCUT2D eigenvalue weighted by Gasteiger charge is -1.98. The van der Waals surface area contributed by atoms with Crippen LogP contribution in [0.2, 0.25) is 0 Å². The van der Waals surface area contributed by atoms with Crippen LogP contribution >= 0.6 is 24.0 Å². The monoisotopic (exact) mass is 279 g/mol. The zero-order chi connectivity index (χ0) is 13.0. The van der Waals surface area contributed by atoms with Crippen molar-refractivity contribution in [2.75, 3.05) is 7.11 Å². The van der Waals surface area contributed by atoms with Crippen molar-refractivity contribution in [3.05, 3.63) is 40.4 Å². The molecule has 1 heterocycles. The van der Waals surface area contributed by atoms with Gasteiger partial charge in [-0.1, -0.05) is 31.2 Å². The van der Waals surface area contributed by atoms with Crippen molar-refractivity contribution >= 4 is 24.0 Å². The fraction of sp³-hybridized carbons (Fsp3) is 0.357. The number of benzene rings is 1. The minimum Gasteiger partial charge on any atom is -0.378 e. The van der Waals surface area contributed by atoms with Crippen LogP contribution in [-0.2, 0) is 23.5 Å². The topological polar surface area (TPSA) is 22.1 Å². The van der Waals surface area contributed by atoms with Gasteiger partial charge in [-0.15, -0.1) is 11.3 Å². The number of thiazole rings is 1. The second kappa shape index (κ2) is 6.36. The lowest BCUT2D eigenvalue weighted by atomic mass is 10.1. The Morgan fingerprint density at radius 1 is 1.28 bits per heavy atom. The van der Waals surface area contributed by atoms with E-state index in [2.05, 4.69) is 48.8 Å². The molecule has 4 heteroatoms. The molecule has 0 aliphatic rings. The first-order chi connectivity index (χ1) is 8.78. The predicted octanol–water partition coefficient (Wildman–Crippen LogP) is 3.95. The van der Waals surface area contributed by atoms with E-state index in [1.165, 1.54) is 16.0 Å². The SMILES string of the molecule is CCc1ccc(-c2nc(COC)c(CS)s2)cc1. The molecule has 2 nitrogen and oxygen atoms in total. The molecular formula is C14H17NOS2. The summed E-state index contributed by atoms with van der Waals surface area (Å²) in [6.07, 6.45) is 1.06. The first-order valence-electron chi connectivity index (χ1n) is 5.96. The summed E-state index contributed by atoms with van der Waals surface area (Å²) in [5, 5.41) is 1.05. The molecule has 0 aliphatic heterocycles. The highest BCUT2D eigenvalue weighted by Gasteiger charge is 2.11. The van der Waals surface area contributed by atoms with Crippen LogP contribution in [0.4, 0.5) is 0 Å². The van der Waals surface area contributed by atoms with Crippen molar-refractivity contribution in [1.82, 2.24) is 4.98 Å². The Morgan fingerprint density at radius 3 is 2.56 bits per heavy atom. The molecule has 0 N–H and O–H groups in total. The number of thiol groups is 1. The van der Waals surface area contributed by atoms with Crippen LogP contribution < -0.4 is 0 Å². The van der Waals surface area contributed by atoms with E-state index in [4.69, 9.17) is 4.74 Å². The molecule has 1 aromatic heterocycles. The van der Waals surface area contributed by atoms with Crippen LogP contribution in [0, 0.1) is 0 Å². The third-order valence-corrected chi connectivity index (χ3v) is 4.49. The first-order valence-corrected chi connectivity index (χ1v) is 7.41. The lowest BCUT2D eigenvalue weighted by molar-refractivity contribution is 0.181. The molecule has 18 heavy (non-hydrogen) atoms. The van der Waals surface area contributed by atoms with E-state index in [-0.39, 0.29) is 0 Å². The van der Waals surface area contributed by atoms with Crippen LogP contribution in [-0.4, -0.2) is 12.1 Å². The molecule has 0 aliphatic carbocycles. The summed E-state index contributed by atoms with van der Waals surface area (Å²) in [4.78, 5) is 5.83. The molecule has 1 aromatic carbocycles. The van der Waals surface area contributed by atoms with Crippen molar-refractivity contribution in [1.29, 1.82) is 0 Å². The van der Waals surface area contributed by atoms with Crippen LogP contribution in [0.5, 0.6) is 0 Å². The lowest BCUT2D eigenvalue weighted by Crippen LogP contribution is -1.91. The predicted molar refractivity (Wildman–Crippen MR) is 80.3 cm³/mol. The maximum atomic E-state index is 5.17. The molecule has 0 spiro atoms. The third kappa shape index (κ3) is 2.94. The number of hydrogen-bond acceptors (Lipinski definition) is 4. The fourth-order valence-corrected chi connectivity index (χ4v) is 3.07. The number of hydrogen-bond donors (Lipinski definition) is 1. The second-order valence-electron chi connectivity index (χ2n) is 4.03. The Kier molecular flexibility index (Phi) is 4.80. The van der Waals surface area contributed by atoms with Gasteiger partial charge in [0.05, 0.1) is 12.3 Å². The summed E-state index contributed by atoms with van der Waals surface area (Å²) >= 11 is 6.04. The highest BCUT2D eigenvalue weighted by molar-refractivity contribution is 7.79. The van der Waals surface area contributed by atoms with E-state index >= 15 is 0 Å². The number of nitrogens with zero attached hydrogens (tertiary/aromatic N) is 1. The van der Waals surface area contributed by atoms with Gasteiger partial charge in [0.1, 0.15) is 5.01 Å². The quantitative estimate of drug-likeness (QED) is 0.837. The van der Waals surface area contributed by atoms with Crippen LogP contribution in [0.25, 0.3) is 10.6 Å². The van der Waals surface area contributed by atoms with Crippen LogP contribution in [0.1, 0.15) is 23.1 Å². The van der Waals surface area contributed by atoms with E-state index in [1.54, 1.807) is 18.4 Å². The number of aromatic nitrogens is 1. The second-order valence-corrected chi connectivity index (χ2v) is 5.43. The fourth-order valence-electron chi connectivity index (χ4n) is 1.76. The number of ether oxygens (including phenoxy) is 1.